The molecule has 1 aromatic carbocycles. The van der Waals surface area contributed by atoms with Crippen molar-refractivity contribution in [1.82, 2.24) is 0 Å². The summed E-state index contributed by atoms with van der Waals surface area (Å²) in [5, 5.41) is 0. The second-order valence-electron chi connectivity index (χ2n) is 9.91. The number of nitrogens with zero attached hydrogens (tertiary/aromatic N) is 1. The molecule has 4 atom stereocenters. The van der Waals surface area contributed by atoms with Gasteiger partial charge in [-0.1, -0.05) is 109 Å². The normalized spacial score (nSPS) is 25.8. The van der Waals surface area contributed by atoms with Crippen LogP contribution in [0.15, 0.2) is 54.6 Å². The maximum absolute atomic E-state index is 5.36. The molecule has 0 heterocycles. The van der Waals surface area contributed by atoms with Gasteiger partial charge in [-0.3, -0.25) is 0 Å². The number of rotatable bonds is 6. The molecule has 0 radical (unpaired) electrons. The van der Waals surface area contributed by atoms with E-state index >= 15 is 0 Å². The fourth-order valence-corrected chi connectivity index (χ4v) is 9.44. The molecule has 2 aliphatic carbocycles. The molecule has 158 valence electrons. The predicted molar refractivity (Wildman–Crippen MR) is 129 cm³/mol. The molecule has 3 rings (SSSR count). The molecular formula is C24H36Cl2NSiZr+. The minimum absolute atomic E-state index is 0.0881. The standard InChI is InChI=1S/C24H36NSi.2ClH.Zr/c1-24(2,3)25-26(4,5)23-18-20(21-16-9-10-17-22(21)23)15-11-14-19-12-7-6-8-13-19;;;/h6-10,12-13,16-17,20-23H,11,14-15,18H2,1-5H3;2*1H;/q-1;;;+4/p-2. The molecule has 1 fully saturated rings. The second-order valence-corrected chi connectivity index (χ2v) is 17.9. The van der Waals surface area contributed by atoms with Crippen molar-refractivity contribution in [1.29, 1.82) is 0 Å². The summed E-state index contributed by atoms with van der Waals surface area (Å²) < 4.78 is 0. The van der Waals surface area contributed by atoms with Gasteiger partial charge in [0.2, 0.25) is 0 Å². The molecule has 0 saturated heterocycles. The summed E-state index contributed by atoms with van der Waals surface area (Å²) >= 11 is -0.826. The number of halogens is 2. The van der Waals surface area contributed by atoms with E-state index in [4.69, 9.17) is 22.0 Å². The van der Waals surface area contributed by atoms with E-state index in [0.717, 1.165) is 23.3 Å². The van der Waals surface area contributed by atoms with Gasteiger partial charge in [-0.25, -0.2) is 0 Å². The van der Waals surface area contributed by atoms with E-state index in [1.54, 1.807) is 0 Å². The number of fused-ring (bicyclic) bond motifs is 1. The van der Waals surface area contributed by atoms with Crippen molar-refractivity contribution < 1.29 is 20.8 Å². The molecule has 2 aliphatic rings. The van der Waals surface area contributed by atoms with Gasteiger partial charge < -0.3 is 4.98 Å². The summed E-state index contributed by atoms with van der Waals surface area (Å²) in [5.41, 5.74) is 2.36. The Hall–Kier alpha value is 0.340. The Morgan fingerprint density at radius 1 is 1.03 bits per heavy atom. The van der Waals surface area contributed by atoms with Crippen molar-refractivity contribution >= 4 is 25.3 Å². The Labute approximate surface area is 198 Å². The van der Waals surface area contributed by atoms with E-state index in [1.165, 1.54) is 31.2 Å². The summed E-state index contributed by atoms with van der Waals surface area (Å²) in [6.45, 7) is 11.8. The third kappa shape index (κ3) is 8.08. The summed E-state index contributed by atoms with van der Waals surface area (Å²) in [5.74, 6) is 2.29. The molecule has 5 heteroatoms. The van der Waals surface area contributed by atoms with E-state index < -0.39 is 29.1 Å². The van der Waals surface area contributed by atoms with Crippen LogP contribution < -0.4 is 0 Å². The molecule has 29 heavy (non-hydrogen) atoms. The van der Waals surface area contributed by atoms with E-state index in [1.807, 2.05) is 0 Å². The molecular weight excluding hydrogens is 492 g/mol. The molecule has 0 amide bonds. The van der Waals surface area contributed by atoms with Crippen LogP contribution in [-0.2, 0) is 27.3 Å². The summed E-state index contributed by atoms with van der Waals surface area (Å²) in [6, 6.07) is 11.0. The molecule has 1 aromatic rings. The van der Waals surface area contributed by atoms with Gasteiger partial charge in [0.1, 0.15) is 0 Å². The number of hydrogen-bond acceptors (Lipinski definition) is 0. The number of aryl methyl sites for hydroxylation is 1. The first kappa shape index (κ1) is 25.6. The monoisotopic (exact) mass is 526 g/mol. The van der Waals surface area contributed by atoms with Gasteiger partial charge in [-0.2, -0.15) is 0 Å². The summed E-state index contributed by atoms with van der Waals surface area (Å²) in [6.07, 6.45) is 14.8. The van der Waals surface area contributed by atoms with Crippen molar-refractivity contribution in [3.8, 4) is 0 Å². The quantitative estimate of drug-likeness (QED) is 0.329. The van der Waals surface area contributed by atoms with Crippen LogP contribution in [0.2, 0.25) is 18.6 Å². The third-order valence-electron chi connectivity index (χ3n) is 6.20. The van der Waals surface area contributed by atoms with Crippen molar-refractivity contribution in [3.05, 3.63) is 65.2 Å². The average molecular weight is 529 g/mol. The Kier molecular flexibility index (Phi) is 10.4. The molecule has 4 unspecified atom stereocenters. The first-order valence-electron chi connectivity index (χ1n) is 10.8. The van der Waals surface area contributed by atoms with Crippen molar-refractivity contribution in [2.24, 2.45) is 17.8 Å². The molecule has 0 spiro atoms. The first-order chi connectivity index (χ1) is 13.7. The molecule has 1 saturated carbocycles. The van der Waals surface area contributed by atoms with E-state index in [2.05, 4.69) is 88.5 Å². The second kappa shape index (κ2) is 11.8. The topological polar surface area (TPSA) is 14.1 Å². The van der Waals surface area contributed by atoms with Gasteiger partial charge in [0.15, 0.2) is 0 Å². The van der Waals surface area contributed by atoms with Crippen molar-refractivity contribution in [2.75, 3.05) is 0 Å². The fourth-order valence-electron chi connectivity index (χ4n) is 5.39. The first-order valence-corrected chi connectivity index (χ1v) is 20.1. The van der Waals surface area contributed by atoms with Crippen molar-refractivity contribution in [3.63, 3.8) is 0 Å². The van der Waals surface area contributed by atoms with Crippen LogP contribution in [0, 0.1) is 17.8 Å². The van der Waals surface area contributed by atoms with Crippen molar-refractivity contribution in [2.45, 2.75) is 70.6 Å². The van der Waals surface area contributed by atoms with E-state index in [0.29, 0.717) is 0 Å². The Balaban J connectivity index is 0.000000941. The minimum atomic E-state index is -1.62. The van der Waals surface area contributed by atoms with Crippen LogP contribution in [-0.4, -0.2) is 13.8 Å². The van der Waals surface area contributed by atoms with Crippen LogP contribution in [0.25, 0.3) is 4.98 Å². The van der Waals surface area contributed by atoms with Gasteiger partial charge in [-0.15, -0.1) is 5.54 Å². The number of allylic oxidation sites excluding steroid dienone is 4. The Bertz CT molecular complexity index is 669. The zero-order valence-corrected chi connectivity index (χ0v) is 23.5. The zero-order valence-electron chi connectivity index (χ0n) is 18.5. The molecule has 0 aromatic heterocycles. The Morgan fingerprint density at radius 2 is 1.62 bits per heavy atom. The maximum atomic E-state index is 5.36. The van der Waals surface area contributed by atoms with Gasteiger partial charge in [0, 0.05) is 0 Å². The van der Waals surface area contributed by atoms with Gasteiger partial charge in [0.25, 0.3) is 0 Å². The Morgan fingerprint density at radius 3 is 2.21 bits per heavy atom. The third-order valence-corrected chi connectivity index (χ3v) is 9.88. The van der Waals surface area contributed by atoms with E-state index in [-0.39, 0.29) is 5.54 Å². The molecule has 0 aliphatic heterocycles. The van der Waals surface area contributed by atoms with Gasteiger partial charge in [0.05, 0.1) is 0 Å². The molecule has 0 bridgehead atoms. The summed E-state index contributed by atoms with van der Waals surface area (Å²) in [7, 11) is 8.25. The number of benzene rings is 1. The zero-order chi connectivity index (χ0) is 21.5. The fraction of sp³-hybridized carbons (Fsp3) is 0.583. The SMILES string of the molecule is CC(C)(C)[N-][Si](C)(C)C1CC(CCCc2ccccc2)C2C=CC=CC21.[Cl][Zr+2][Cl]. The van der Waals surface area contributed by atoms with Gasteiger partial charge >= 0.3 is 37.9 Å². The van der Waals surface area contributed by atoms with Crippen LogP contribution >= 0.6 is 17.0 Å². The summed E-state index contributed by atoms with van der Waals surface area (Å²) in [4.78, 5) is 5.36. The van der Waals surface area contributed by atoms with Crippen LogP contribution in [0.5, 0.6) is 0 Å². The predicted octanol–water partition coefficient (Wildman–Crippen LogP) is 8.51. The van der Waals surface area contributed by atoms with Crippen LogP contribution in [0.1, 0.15) is 45.6 Å². The van der Waals surface area contributed by atoms with Crippen LogP contribution in [0.4, 0.5) is 0 Å². The average Bonchev–Trinajstić information content (AvgIpc) is 3.01. The van der Waals surface area contributed by atoms with Crippen LogP contribution in [0.3, 0.4) is 0 Å². The molecule has 1 nitrogen and oxygen atoms in total. The number of hydrogen-bond donors (Lipinski definition) is 0. The van der Waals surface area contributed by atoms with E-state index in [9.17, 15) is 0 Å². The van der Waals surface area contributed by atoms with Gasteiger partial charge in [-0.05, 0) is 42.6 Å². The molecule has 0 N–H and O–H groups in total.